The van der Waals surface area contributed by atoms with Gasteiger partial charge in [0.1, 0.15) is 6.04 Å². The highest BCUT2D eigenvalue weighted by molar-refractivity contribution is 7.12. The lowest BCUT2D eigenvalue weighted by Crippen LogP contribution is -2.58. The predicted octanol–water partition coefficient (Wildman–Crippen LogP) is 3.72. The molecule has 1 unspecified atom stereocenters. The third-order valence-corrected chi connectivity index (χ3v) is 8.65. The quantitative estimate of drug-likeness (QED) is 0.572. The van der Waals surface area contributed by atoms with Gasteiger partial charge in [-0.15, -0.1) is 11.3 Å². The van der Waals surface area contributed by atoms with Crippen LogP contribution in [0.5, 0.6) is 0 Å². The molecule has 4 rings (SSSR count). The fraction of sp³-hybridized carbons (Fsp3) is 0.769. The highest BCUT2D eigenvalue weighted by atomic mass is 32.1. The van der Waals surface area contributed by atoms with Crippen LogP contribution < -0.4 is 11.1 Å². The predicted molar refractivity (Wildman–Crippen MR) is 134 cm³/mol. The molecule has 2 aliphatic carbocycles. The molecule has 1 aliphatic heterocycles. The van der Waals surface area contributed by atoms with Gasteiger partial charge in [-0.1, -0.05) is 19.9 Å². The van der Waals surface area contributed by atoms with Gasteiger partial charge in [0.05, 0.1) is 4.88 Å². The van der Waals surface area contributed by atoms with Gasteiger partial charge in [-0.25, -0.2) is 0 Å². The third kappa shape index (κ3) is 6.37. The van der Waals surface area contributed by atoms with Crippen LogP contribution in [0, 0.1) is 17.8 Å². The number of thiophene rings is 1. The summed E-state index contributed by atoms with van der Waals surface area (Å²) in [4.78, 5) is 32.0. The van der Waals surface area contributed by atoms with E-state index in [1.165, 1.54) is 24.2 Å². The number of amides is 2. The molecular formula is C26H42N4O2S. The Morgan fingerprint density at radius 1 is 1.12 bits per heavy atom. The van der Waals surface area contributed by atoms with Crippen molar-refractivity contribution in [2.75, 3.05) is 26.2 Å². The van der Waals surface area contributed by atoms with Gasteiger partial charge in [-0.3, -0.25) is 14.5 Å². The van der Waals surface area contributed by atoms with Crippen LogP contribution in [-0.2, 0) is 4.79 Å². The lowest BCUT2D eigenvalue weighted by Gasteiger charge is -2.43. The maximum Gasteiger partial charge on any atom is 0.264 e. The SMILES string of the molecule is CC(C)CN(C1CC1)C1CCN(C(=O)c2cccs2)[C@@H](C(=O)NCC2CCC(CN)CC2)C1. The molecule has 2 amide bonds. The number of carbonyl (C=O) groups is 2. The molecule has 2 atom stereocenters. The Kier molecular flexibility index (Phi) is 8.47. The first-order chi connectivity index (χ1) is 16.0. The molecule has 2 saturated carbocycles. The normalized spacial score (nSPS) is 28.3. The van der Waals surface area contributed by atoms with E-state index in [0.717, 1.165) is 63.0 Å². The van der Waals surface area contributed by atoms with Crippen LogP contribution in [0.3, 0.4) is 0 Å². The van der Waals surface area contributed by atoms with Crippen LogP contribution in [0.4, 0.5) is 0 Å². The molecule has 3 N–H and O–H groups in total. The summed E-state index contributed by atoms with van der Waals surface area (Å²) in [6.45, 7) is 7.77. The summed E-state index contributed by atoms with van der Waals surface area (Å²) >= 11 is 1.46. The van der Waals surface area contributed by atoms with Gasteiger partial charge in [0.25, 0.3) is 5.91 Å². The van der Waals surface area contributed by atoms with E-state index in [9.17, 15) is 9.59 Å². The van der Waals surface area contributed by atoms with Crippen molar-refractivity contribution in [2.24, 2.45) is 23.5 Å². The Labute approximate surface area is 203 Å². The summed E-state index contributed by atoms with van der Waals surface area (Å²) in [5.74, 6) is 1.82. The van der Waals surface area contributed by atoms with E-state index in [2.05, 4.69) is 24.1 Å². The smallest absolute Gasteiger partial charge is 0.264 e. The molecule has 0 aromatic carbocycles. The van der Waals surface area contributed by atoms with Crippen LogP contribution in [0.15, 0.2) is 17.5 Å². The molecular weight excluding hydrogens is 432 g/mol. The summed E-state index contributed by atoms with van der Waals surface area (Å²) < 4.78 is 0. The summed E-state index contributed by atoms with van der Waals surface area (Å²) in [6, 6.07) is 4.45. The number of nitrogens with two attached hydrogens (primary N) is 1. The Morgan fingerprint density at radius 2 is 1.85 bits per heavy atom. The number of hydrogen-bond acceptors (Lipinski definition) is 5. The molecule has 6 nitrogen and oxygen atoms in total. The third-order valence-electron chi connectivity index (χ3n) is 7.80. The monoisotopic (exact) mass is 474 g/mol. The highest BCUT2D eigenvalue weighted by Crippen LogP contribution is 2.35. The van der Waals surface area contributed by atoms with Gasteiger partial charge in [0, 0.05) is 31.7 Å². The number of nitrogens with one attached hydrogen (secondary N) is 1. The second-order valence-electron chi connectivity index (χ2n) is 10.9. The van der Waals surface area contributed by atoms with Crippen molar-refractivity contribution in [3.05, 3.63) is 22.4 Å². The lowest BCUT2D eigenvalue weighted by molar-refractivity contribution is -0.128. The first-order valence-electron chi connectivity index (χ1n) is 13.0. The van der Waals surface area contributed by atoms with Gasteiger partial charge in [-0.05, 0) is 87.1 Å². The number of piperidine rings is 1. The lowest BCUT2D eigenvalue weighted by atomic mass is 9.82. The maximum atomic E-state index is 13.5. The second-order valence-corrected chi connectivity index (χ2v) is 11.8. The Hall–Kier alpha value is -1.44. The van der Waals surface area contributed by atoms with Crippen molar-refractivity contribution in [3.8, 4) is 0 Å². The zero-order chi connectivity index (χ0) is 23.4. The van der Waals surface area contributed by atoms with E-state index in [-0.39, 0.29) is 17.9 Å². The van der Waals surface area contributed by atoms with Gasteiger partial charge in [-0.2, -0.15) is 0 Å². The first-order valence-corrected chi connectivity index (χ1v) is 13.9. The van der Waals surface area contributed by atoms with E-state index < -0.39 is 0 Å². The minimum absolute atomic E-state index is 0.00823. The average Bonchev–Trinajstić information content (AvgIpc) is 3.53. The molecule has 3 fully saturated rings. The maximum absolute atomic E-state index is 13.5. The summed E-state index contributed by atoms with van der Waals surface area (Å²) in [5.41, 5.74) is 5.83. The number of carbonyl (C=O) groups excluding carboxylic acids is 2. The minimum atomic E-state index is -0.382. The van der Waals surface area contributed by atoms with E-state index >= 15 is 0 Å². The van der Waals surface area contributed by atoms with Gasteiger partial charge in [0.2, 0.25) is 5.91 Å². The van der Waals surface area contributed by atoms with Crippen LogP contribution in [0.2, 0.25) is 0 Å². The molecule has 3 aliphatic rings. The molecule has 0 radical (unpaired) electrons. The minimum Gasteiger partial charge on any atom is -0.354 e. The van der Waals surface area contributed by atoms with Gasteiger partial charge < -0.3 is 16.0 Å². The summed E-state index contributed by atoms with van der Waals surface area (Å²) in [6.07, 6.45) is 8.83. The summed E-state index contributed by atoms with van der Waals surface area (Å²) in [7, 11) is 0. The Morgan fingerprint density at radius 3 is 2.45 bits per heavy atom. The topological polar surface area (TPSA) is 78.7 Å². The fourth-order valence-corrected chi connectivity index (χ4v) is 6.42. The average molecular weight is 475 g/mol. The van der Waals surface area contributed by atoms with Crippen molar-refractivity contribution in [1.29, 1.82) is 0 Å². The molecule has 7 heteroatoms. The van der Waals surface area contributed by atoms with Crippen molar-refractivity contribution in [3.63, 3.8) is 0 Å². The van der Waals surface area contributed by atoms with Crippen LogP contribution in [0.1, 0.15) is 74.9 Å². The van der Waals surface area contributed by atoms with Crippen LogP contribution in [0.25, 0.3) is 0 Å². The molecule has 184 valence electrons. The fourth-order valence-electron chi connectivity index (χ4n) is 5.74. The van der Waals surface area contributed by atoms with E-state index in [1.807, 2.05) is 22.4 Å². The molecule has 0 bridgehead atoms. The van der Waals surface area contributed by atoms with E-state index in [1.54, 1.807) is 0 Å². The second kappa shape index (κ2) is 11.3. The largest absolute Gasteiger partial charge is 0.354 e. The number of nitrogens with zero attached hydrogens (tertiary/aromatic N) is 2. The molecule has 0 spiro atoms. The number of rotatable bonds is 9. The standard InChI is InChI=1S/C26H42N4O2S/c1-18(2)17-30(21-9-10-21)22-11-12-29(26(32)24-4-3-13-33-24)23(14-22)25(31)28-16-20-7-5-19(15-27)6-8-20/h3-4,13,18-23H,5-12,14-17,27H2,1-2H3,(H,28,31)/t19?,20?,22?,23-/m1/s1. The zero-order valence-electron chi connectivity index (χ0n) is 20.4. The van der Waals surface area contributed by atoms with Crippen molar-refractivity contribution < 1.29 is 9.59 Å². The molecule has 1 saturated heterocycles. The Bertz CT molecular complexity index is 771. The Balaban J connectivity index is 1.43. The molecule has 2 heterocycles. The molecule has 1 aromatic rings. The molecule has 1 aromatic heterocycles. The van der Waals surface area contributed by atoms with Crippen LogP contribution >= 0.6 is 11.3 Å². The van der Waals surface area contributed by atoms with Gasteiger partial charge in [0.15, 0.2) is 0 Å². The highest BCUT2D eigenvalue weighted by Gasteiger charge is 2.42. The number of hydrogen-bond donors (Lipinski definition) is 2. The zero-order valence-corrected chi connectivity index (χ0v) is 21.2. The van der Waals surface area contributed by atoms with Crippen molar-refractivity contribution >= 4 is 23.2 Å². The van der Waals surface area contributed by atoms with Gasteiger partial charge >= 0.3 is 0 Å². The van der Waals surface area contributed by atoms with Crippen molar-refractivity contribution in [1.82, 2.24) is 15.1 Å². The number of likely N-dealkylation sites (tertiary alicyclic amines) is 1. The van der Waals surface area contributed by atoms with E-state index in [4.69, 9.17) is 5.73 Å². The van der Waals surface area contributed by atoms with E-state index in [0.29, 0.717) is 36.4 Å². The first kappa shape index (κ1) is 24.7. The summed E-state index contributed by atoms with van der Waals surface area (Å²) in [5, 5.41) is 5.19. The molecule has 33 heavy (non-hydrogen) atoms. The van der Waals surface area contributed by atoms with Crippen molar-refractivity contribution in [2.45, 2.75) is 83.3 Å². The van der Waals surface area contributed by atoms with Crippen LogP contribution in [-0.4, -0.2) is 65.9 Å².